The monoisotopic (exact) mass is 152 g/mol. The molecule has 2 nitrogen and oxygen atoms in total. The van der Waals surface area contributed by atoms with Crippen molar-refractivity contribution in [2.45, 2.75) is 13.8 Å². The number of nitrogens with one attached hydrogen (secondary N) is 2. The van der Waals surface area contributed by atoms with Crippen LogP contribution >= 0.6 is 12.4 Å². The van der Waals surface area contributed by atoms with Crippen LogP contribution < -0.4 is 10.6 Å². The van der Waals surface area contributed by atoms with Crippen LogP contribution in [0.3, 0.4) is 0 Å². The topological polar surface area (TPSA) is 24.1 Å². The molecular formula is C6H17ClN2. The molecule has 0 spiro atoms. The molecule has 0 saturated heterocycles. The van der Waals surface area contributed by atoms with Gasteiger partial charge in [-0.05, 0) is 13.1 Å². The van der Waals surface area contributed by atoms with Crippen LogP contribution in [0.4, 0.5) is 0 Å². The van der Waals surface area contributed by atoms with E-state index in [1.54, 1.807) is 0 Å². The summed E-state index contributed by atoms with van der Waals surface area (Å²) in [7, 11) is 0. The van der Waals surface area contributed by atoms with E-state index < -0.39 is 0 Å². The van der Waals surface area contributed by atoms with Crippen molar-refractivity contribution in [2.24, 2.45) is 0 Å². The van der Waals surface area contributed by atoms with Crippen molar-refractivity contribution in [3.05, 3.63) is 0 Å². The third kappa shape index (κ3) is 11.7. The molecule has 0 aromatic carbocycles. The Morgan fingerprint density at radius 2 is 1.22 bits per heavy atom. The summed E-state index contributed by atoms with van der Waals surface area (Å²) in [5, 5.41) is 6.44. The summed E-state index contributed by atoms with van der Waals surface area (Å²) in [6.07, 6.45) is 0. The van der Waals surface area contributed by atoms with Gasteiger partial charge in [-0.1, -0.05) is 13.8 Å². The van der Waals surface area contributed by atoms with Crippen molar-refractivity contribution < 1.29 is 0 Å². The lowest BCUT2D eigenvalue weighted by Gasteiger charge is -1.99. The zero-order chi connectivity index (χ0) is 6.24. The molecule has 0 fully saturated rings. The molecule has 0 unspecified atom stereocenters. The van der Waals surface area contributed by atoms with Crippen molar-refractivity contribution in [1.82, 2.24) is 10.6 Å². The number of rotatable bonds is 5. The number of halogens is 1. The van der Waals surface area contributed by atoms with Crippen LogP contribution in [-0.2, 0) is 0 Å². The van der Waals surface area contributed by atoms with E-state index in [0.29, 0.717) is 0 Å². The van der Waals surface area contributed by atoms with Crippen molar-refractivity contribution >= 4 is 12.4 Å². The van der Waals surface area contributed by atoms with E-state index in [9.17, 15) is 0 Å². The van der Waals surface area contributed by atoms with E-state index in [1.807, 2.05) is 0 Å². The van der Waals surface area contributed by atoms with E-state index in [0.717, 1.165) is 26.2 Å². The lowest BCUT2D eigenvalue weighted by Crippen LogP contribution is -2.26. The summed E-state index contributed by atoms with van der Waals surface area (Å²) in [6, 6.07) is 0. The van der Waals surface area contributed by atoms with Gasteiger partial charge in [0.1, 0.15) is 0 Å². The molecule has 0 aromatic heterocycles. The SMILES string of the molecule is CCNCCNCC.Cl. The van der Waals surface area contributed by atoms with Gasteiger partial charge in [-0.2, -0.15) is 0 Å². The van der Waals surface area contributed by atoms with Gasteiger partial charge in [-0.3, -0.25) is 0 Å². The lowest BCUT2D eigenvalue weighted by atomic mass is 10.6. The Morgan fingerprint density at radius 3 is 1.44 bits per heavy atom. The van der Waals surface area contributed by atoms with Gasteiger partial charge in [0, 0.05) is 13.1 Å². The second-order valence-electron chi connectivity index (χ2n) is 1.71. The summed E-state index contributed by atoms with van der Waals surface area (Å²) in [5.41, 5.74) is 0. The third-order valence-electron chi connectivity index (χ3n) is 0.979. The number of likely N-dealkylation sites (N-methyl/N-ethyl adjacent to an activating group) is 2. The Labute approximate surface area is 63.8 Å². The summed E-state index contributed by atoms with van der Waals surface area (Å²) >= 11 is 0. The van der Waals surface area contributed by atoms with E-state index in [1.165, 1.54) is 0 Å². The molecule has 0 aliphatic carbocycles. The molecule has 0 amide bonds. The highest BCUT2D eigenvalue weighted by atomic mass is 35.5. The highest BCUT2D eigenvalue weighted by Crippen LogP contribution is 1.56. The molecule has 0 rings (SSSR count). The van der Waals surface area contributed by atoms with E-state index in [-0.39, 0.29) is 12.4 Å². The smallest absolute Gasteiger partial charge is 0.00766 e. The first-order valence-electron chi connectivity index (χ1n) is 3.33. The van der Waals surface area contributed by atoms with Gasteiger partial charge in [0.05, 0.1) is 0 Å². The lowest BCUT2D eigenvalue weighted by molar-refractivity contribution is 0.641. The van der Waals surface area contributed by atoms with Gasteiger partial charge in [-0.15, -0.1) is 12.4 Å². The number of hydrogen-bond acceptors (Lipinski definition) is 2. The fourth-order valence-corrected chi connectivity index (χ4v) is 0.530. The first-order chi connectivity index (χ1) is 3.91. The summed E-state index contributed by atoms with van der Waals surface area (Å²) in [6.45, 7) is 8.56. The highest BCUT2D eigenvalue weighted by Gasteiger charge is 1.79. The molecule has 0 aliphatic rings. The van der Waals surface area contributed by atoms with Crippen LogP contribution in [0.25, 0.3) is 0 Å². The van der Waals surface area contributed by atoms with Crippen LogP contribution in [0.2, 0.25) is 0 Å². The van der Waals surface area contributed by atoms with E-state index in [4.69, 9.17) is 0 Å². The Hall–Kier alpha value is 0.210. The molecule has 3 heteroatoms. The molecule has 0 aromatic rings. The third-order valence-corrected chi connectivity index (χ3v) is 0.979. The fraction of sp³-hybridized carbons (Fsp3) is 1.00. The average Bonchev–Trinajstić information content (AvgIpc) is 1.81. The Morgan fingerprint density at radius 1 is 0.889 bits per heavy atom. The van der Waals surface area contributed by atoms with Crippen LogP contribution in [-0.4, -0.2) is 26.2 Å². The van der Waals surface area contributed by atoms with Crippen molar-refractivity contribution in [3.8, 4) is 0 Å². The maximum absolute atomic E-state index is 3.22. The molecule has 0 radical (unpaired) electrons. The van der Waals surface area contributed by atoms with Crippen LogP contribution in [0, 0.1) is 0 Å². The molecule has 2 N–H and O–H groups in total. The maximum Gasteiger partial charge on any atom is 0.00766 e. The molecule has 0 aliphatic heterocycles. The predicted molar refractivity (Wildman–Crippen MR) is 44.3 cm³/mol. The first-order valence-corrected chi connectivity index (χ1v) is 3.33. The Kier molecular flexibility index (Phi) is 14.7. The van der Waals surface area contributed by atoms with Gasteiger partial charge >= 0.3 is 0 Å². The molecule has 0 heterocycles. The maximum atomic E-state index is 3.22. The molecule has 58 valence electrons. The first kappa shape index (κ1) is 11.9. The quantitative estimate of drug-likeness (QED) is 0.565. The average molecular weight is 153 g/mol. The van der Waals surface area contributed by atoms with Crippen LogP contribution in [0.15, 0.2) is 0 Å². The fourth-order valence-electron chi connectivity index (χ4n) is 0.530. The molecule has 9 heavy (non-hydrogen) atoms. The van der Waals surface area contributed by atoms with Crippen molar-refractivity contribution in [3.63, 3.8) is 0 Å². The van der Waals surface area contributed by atoms with Gasteiger partial charge < -0.3 is 10.6 Å². The van der Waals surface area contributed by atoms with Gasteiger partial charge in [0.2, 0.25) is 0 Å². The minimum absolute atomic E-state index is 0. The van der Waals surface area contributed by atoms with Crippen molar-refractivity contribution in [1.29, 1.82) is 0 Å². The second kappa shape index (κ2) is 11.1. The number of hydrogen-bond donors (Lipinski definition) is 2. The zero-order valence-corrected chi connectivity index (χ0v) is 7.05. The standard InChI is InChI=1S/C6H16N2.ClH/c1-3-7-5-6-8-4-2;/h7-8H,3-6H2,1-2H3;1H. The normalized spacial score (nSPS) is 8.67. The summed E-state index contributed by atoms with van der Waals surface area (Å²) in [5.74, 6) is 0. The Balaban J connectivity index is 0. The molecule has 0 saturated carbocycles. The predicted octanol–water partition coefficient (Wildman–Crippen LogP) is 0.627. The van der Waals surface area contributed by atoms with E-state index >= 15 is 0 Å². The summed E-state index contributed by atoms with van der Waals surface area (Å²) in [4.78, 5) is 0. The van der Waals surface area contributed by atoms with Gasteiger partial charge in [0.15, 0.2) is 0 Å². The van der Waals surface area contributed by atoms with Crippen molar-refractivity contribution in [2.75, 3.05) is 26.2 Å². The van der Waals surface area contributed by atoms with E-state index in [2.05, 4.69) is 24.5 Å². The van der Waals surface area contributed by atoms with Gasteiger partial charge in [-0.25, -0.2) is 0 Å². The highest BCUT2D eigenvalue weighted by molar-refractivity contribution is 5.85. The minimum Gasteiger partial charge on any atom is -0.316 e. The summed E-state index contributed by atoms with van der Waals surface area (Å²) < 4.78 is 0. The van der Waals surface area contributed by atoms with Gasteiger partial charge in [0.25, 0.3) is 0 Å². The second-order valence-corrected chi connectivity index (χ2v) is 1.71. The molecule has 0 atom stereocenters. The molecule has 0 bridgehead atoms. The minimum atomic E-state index is 0. The largest absolute Gasteiger partial charge is 0.316 e. The van der Waals surface area contributed by atoms with Crippen LogP contribution in [0.5, 0.6) is 0 Å². The zero-order valence-electron chi connectivity index (χ0n) is 6.24. The molecular weight excluding hydrogens is 136 g/mol. The van der Waals surface area contributed by atoms with Crippen LogP contribution in [0.1, 0.15) is 13.8 Å². The Bertz CT molecular complexity index is 36.0.